The number of aromatic hydroxyl groups is 1. The molecule has 74 valence electrons. The molecule has 4 N–H and O–H groups in total. The number of amides is 2. The fourth-order valence-corrected chi connectivity index (χ4v) is 0.877. The number of urea groups is 1. The van der Waals surface area contributed by atoms with Gasteiger partial charge in [0.2, 0.25) is 0 Å². The van der Waals surface area contributed by atoms with Crippen LogP contribution in [-0.2, 0) is 0 Å². The number of aryl methyl sites for hydroxylation is 1. The molecule has 0 heterocycles. The van der Waals surface area contributed by atoms with Gasteiger partial charge in [0.1, 0.15) is 5.75 Å². The van der Waals surface area contributed by atoms with Gasteiger partial charge in [-0.25, -0.2) is 10.2 Å². The molecule has 0 fully saturated rings. The van der Waals surface area contributed by atoms with Gasteiger partial charge in [-0.2, -0.15) is 5.10 Å². The third kappa shape index (κ3) is 2.78. The van der Waals surface area contributed by atoms with E-state index in [1.165, 1.54) is 6.21 Å². The number of benzene rings is 1. The van der Waals surface area contributed by atoms with E-state index in [-0.39, 0.29) is 5.75 Å². The first-order valence-electron chi connectivity index (χ1n) is 3.97. The lowest BCUT2D eigenvalue weighted by Crippen LogP contribution is -2.24. The van der Waals surface area contributed by atoms with E-state index in [1.54, 1.807) is 25.1 Å². The van der Waals surface area contributed by atoms with Gasteiger partial charge in [-0.15, -0.1) is 0 Å². The second kappa shape index (κ2) is 4.27. The van der Waals surface area contributed by atoms with E-state index in [0.717, 1.165) is 5.56 Å². The van der Waals surface area contributed by atoms with Crippen LogP contribution in [-0.4, -0.2) is 17.4 Å². The summed E-state index contributed by atoms with van der Waals surface area (Å²) in [5.41, 5.74) is 8.32. The second-order valence-electron chi connectivity index (χ2n) is 2.78. The molecule has 0 saturated heterocycles. The summed E-state index contributed by atoms with van der Waals surface area (Å²) in [6.45, 7) is 1.79. The molecule has 0 bridgehead atoms. The molecule has 0 aliphatic rings. The van der Waals surface area contributed by atoms with Crippen LogP contribution < -0.4 is 11.2 Å². The quantitative estimate of drug-likeness (QED) is 0.477. The molecule has 0 aliphatic carbocycles. The van der Waals surface area contributed by atoms with Gasteiger partial charge in [0.05, 0.1) is 6.21 Å². The lowest BCUT2D eigenvalue weighted by atomic mass is 10.1. The molecule has 0 aliphatic heterocycles. The summed E-state index contributed by atoms with van der Waals surface area (Å²) >= 11 is 0. The van der Waals surface area contributed by atoms with E-state index in [2.05, 4.69) is 10.5 Å². The molecular weight excluding hydrogens is 182 g/mol. The molecule has 1 aromatic rings. The van der Waals surface area contributed by atoms with Crippen molar-refractivity contribution in [3.05, 3.63) is 29.3 Å². The molecule has 0 unspecified atom stereocenters. The number of hydrogen-bond donors (Lipinski definition) is 3. The summed E-state index contributed by atoms with van der Waals surface area (Å²) in [7, 11) is 0. The SMILES string of the molecule is Cc1ccc(C=NNC(N)=O)cc1O. The van der Waals surface area contributed by atoms with E-state index in [1.807, 2.05) is 0 Å². The molecular formula is C9H11N3O2. The van der Waals surface area contributed by atoms with E-state index < -0.39 is 6.03 Å². The second-order valence-corrected chi connectivity index (χ2v) is 2.78. The number of nitrogens with one attached hydrogen (secondary N) is 1. The van der Waals surface area contributed by atoms with Crippen LogP contribution >= 0.6 is 0 Å². The van der Waals surface area contributed by atoms with Crippen molar-refractivity contribution in [1.29, 1.82) is 0 Å². The van der Waals surface area contributed by atoms with Crippen LogP contribution in [0.2, 0.25) is 0 Å². The smallest absolute Gasteiger partial charge is 0.332 e. The van der Waals surface area contributed by atoms with Crippen molar-refractivity contribution in [3.8, 4) is 5.75 Å². The van der Waals surface area contributed by atoms with Crippen molar-refractivity contribution in [2.45, 2.75) is 6.92 Å². The Hall–Kier alpha value is -2.04. The van der Waals surface area contributed by atoms with Gasteiger partial charge < -0.3 is 10.8 Å². The van der Waals surface area contributed by atoms with Crippen molar-refractivity contribution in [2.75, 3.05) is 0 Å². The Bertz CT molecular complexity index is 374. The highest BCUT2D eigenvalue weighted by molar-refractivity contribution is 5.82. The molecule has 2 amide bonds. The zero-order valence-corrected chi connectivity index (χ0v) is 7.69. The van der Waals surface area contributed by atoms with Crippen molar-refractivity contribution in [2.24, 2.45) is 10.8 Å². The van der Waals surface area contributed by atoms with Crippen LogP contribution in [0.1, 0.15) is 11.1 Å². The van der Waals surface area contributed by atoms with E-state index in [0.29, 0.717) is 5.56 Å². The highest BCUT2D eigenvalue weighted by Gasteiger charge is 1.95. The summed E-state index contributed by atoms with van der Waals surface area (Å²) in [6.07, 6.45) is 1.39. The third-order valence-electron chi connectivity index (χ3n) is 1.62. The number of rotatable bonds is 2. The van der Waals surface area contributed by atoms with Crippen LogP contribution in [0.5, 0.6) is 5.75 Å². The van der Waals surface area contributed by atoms with Gasteiger partial charge >= 0.3 is 6.03 Å². The summed E-state index contributed by atoms with van der Waals surface area (Å²) in [6, 6.07) is 4.33. The van der Waals surface area contributed by atoms with Crippen LogP contribution in [0.4, 0.5) is 4.79 Å². The topological polar surface area (TPSA) is 87.7 Å². The number of carbonyl (C=O) groups excluding carboxylic acids is 1. The van der Waals surface area contributed by atoms with Gasteiger partial charge in [0.15, 0.2) is 0 Å². The Morgan fingerprint density at radius 3 is 2.93 bits per heavy atom. The minimum atomic E-state index is -0.724. The summed E-state index contributed by atoms with van der Waals surface area (Å²) in [5, 5.41) is 12.9. The lowest BCUT2D eigenvalue weighted by molar-refractivity contribution is 0.249. The van der Waals surface area contributed by atoms with Gasteiger partial charge in [0, 0.05) is 0 Å². The van der Waals surface area contributed by atoms with Crippen LogP contribution in [0.25, 0.3) is 0 Å². The molecule has 0 spiro atoms. The Labute approximate surface area is 81.2 Å². The van der Waals surface area contributed by atoms with Crippen LogP contribution in [0.15, 0.2) is 23.3 Å². The standard InChI is InChI=1S/C9H11N3O2/c1-6-2-3-7(4-8(6)13)5-11-12-9(10)14/h2-5,13H,1H3,(H3,10,12,14). The summed E-state index contributed by atoms with van der Waals surface area (Å²) in [5.74, 6) is 0.188. The average molecular weight is 193 g/mol. The third-order valence-corrected chi connectivity index (χ3v) is 1.62. The Morgan fingerprint density at radius 2 is 2.36 bits per heavy atom. The van der Waals surface area contributed by atoms with Crippen molar-refractivity contribution < 1.29 is 9.90 Å². The maximum atomic E-state index is 10.3. The van der Waals surface area contributed by atoms with Crippen LogP contribution in [0.3, 0.4) is 0 Å². The number of carbonyl (C=O) groups is 1. The fraction of sp³-hybridized carbons (Fsp3) is 0.111. The predicted molar refractivity (Wildman–Crippen MR) is 53.2 cm³/mol. The maximum absolute atomic E-state index is 10.3. The first-order valence-corrected chi connectivity index (χ1v) is 3.97. The lowest BCUT2D eigenvalue weighted by Gasteiger charge is -1.98. The van der Waals surface area contributed by atoms with E-state index in [4.69, 9.17) is 5.73 Å². The van der Waals surface area contributed by atoms with Gasteiger partial charge in [-0.1, -0.05) is 12.1 Å². The Morgan fingerprint density at radius 1 is 1.64 bits per heavy atom. The highest BCUT2D eigenvalue weighted by Crippen LogP contribution is 2.15. The monoisotopic (exact) mass is 193 g/mol. The number of nitrogens with zero attached hydrogens (tertiary/aromatic N) is 1. The molecule has 0 saturated carbocycles. The van der Waals surface area contributed by atoms with Crippen molar-refractivity contribution in [3.63, 3.8) is 0 Å². The zero-order valence-electron chi connectivity index (χ0n) is 7.69. The number of phenols is 1. The minimum Gasteiger partial charge on any atom is -0.508 e. The first kappa shape index (κ1) is 10.0. The highest BCUT2D eigenvalue weighted by atomic mass is 16.3. The first-order chi connectivity index (χ1) is 6.59. The predicted octanol–water partition coefficient (Wildman–Crippen LogP) is 0.703. The minimum absolute atomic E-state index is 0.188. The summed E-state index contributed by atoms with van der Waals surface area (Å²) in [4.78, 5) is 10.3. The van der Waals surface area contributed by atoms with Crippen LogP contribution in [0, 0.1) is 6.92 Å². The number of primary amides is 1. The fourth-order valence-electron chi connectivity index (χ4n) is 0.877. The number of hydrogen-bond acceptors (Lipinski definition) is 3. The van der Waals surface area contributed by atoms with Gasteiger partial charge in [-0.3, -0.25) is 0 Å². The van der Waals surface area contributed by atoms with Gasteiger partial charge in [0.25, 0.3) is 0 Å². The molecule has 1 rings (SSSR count). The average Bonchev–Trinajstić information content (AvgIpc) is 2.10. The summed E-state index contributed by atoms with van der Waals surface area (Å²) < 4.78 is 0. The number of hydrazone groups is 1. The molecule has 5 heteroatoms. The molecule has 14 heavy (non-hydrogen) atoms. The zero-order chi connectivity index (χ0) is 10.6. The number of phenolic OH excluding ortho intramolecular Hbond substituents is 1. The van der Waals surface area contributed by atoms with E-state index in [9.17, 15) is 9.90 Å². The molecule has 5 nitrogen and oxygen atoms in total. The molecule has 0 radical (unpaired) electrons. The maximum Gasteiger partial charge on any atom is 0.332 e. The Kier molecular flexibility index (Phi) is 3.06. The van der Waals surface area contributed by atoms with Crippen molar-refractivity contribution >= 4 is 12.2 Å². The normalized spacial score (nSPS) is 10.4. The molecule has 1 aromatic carbocycles. The number of nitrogens with two attached hydrogens (primary N) is 1. The molecule has 0 aromatic heterocycles. The van der Waals surface area contributed by atoms with E-state index >= 15 is 0 Å². The van der Waals surface area contributed by atoms with Crippen molar-refractivity contribution in [1.82, 2.24) is 5.43 Å². The largest absolute Gasteiger partial charge is 0.508 e. The molecule has 0 atom stereocenters. The van der Waals surface area contributed by atoms with Gasteiger partial charge in [-0.05, 0) is 24.1 Å². The Balaban J connectivity index is 2.73.